The number of hydrogen-bond acceptors (Lipinski definition) is 6. The van der Waals surface area contributed by atoms with Gasteiger partial charge in [0.1, 0.15) is 13.2 Å². The number of carbonyl (C=O) groups excluding carboxylic acids is 3. The van der Waals surface area contributed by atoms with Crippen molar-refractivity contribution in [2.75, 3.05) is 13.2 Å². The van der Waals surface area contributed by atoms with E-state index in [1.165, 1.54) is 205 Å². The molecule has 0 aliphatic carbocycles. The molecule has 0 bridgehead atoms. The van der Waals surface area contributed by atoms with Crippen LogP contribution in [0.2, 0.25) is 0 Å². The van der Waals surface area contributed by atoms with Gasteiger partial charge in [0.25, 0.3) is 0 Å². The summed E-state index contributed by atoms with van der Waals surface area (Å²) in [4.78, 5) is 38.1. The molecule has 0 aliphatic rings. The molecular formula is C59H114O6. The van der Waals surface area contributed by atoms with Crippen molar-refractivity contribution in [2.45, 2.75) is 330 Å². The highest BCUT2D eigenvalue weighted by Gasteiger charge is 2.19. The Morgan fingerprint density at radius 2 is 0.446 bits per heavy atom. The second kappa shape index (κ2) is 50.3. The van der Waals surface area contributed by atoms with Crippen molar-refractivity contribution >= 4 is 17.9 Å². The Kier molecular flexibility index (Phi) is 49.1. The van der Waals surface area contributed by atoms with E-state index < -0.39 is 6.10 Å². The van der Waals surface area contributed by atoms with E-state index in [1.54, 1.807) is 0 Å². The van der Waals surface area contributed by atoms with Gasteiger partial charge in [0.2, 0.25) is 0 Å². The van der Waals surface area contributed by atoms with Crippen molar-refractivity contribution in [3.63, 3.8) is 0 Å². The Morgan fingerprint density at radius 3 is 0.662 bits per heavy atom. The van der Waals surface area contributed by atoms with Crippen LogP contribution in [-0.2, 0) is 28.6 Å². The van der Waals surface area contributed by atoms with E-state index in [4.69, 9.17) is 14.2 Å². The fourth-order valence-electron chi connectivity index (χ4n) is 9.00. The SMILES string of the molecule is CC(C)CCCCCCCCCCCCCCCCCCCCC(=O)OC[C@@H](COC(=O)CCCCCCCCCCC(C)C)OC(=O)CCCCCCCCCCCCCCC(C)C. The van der Waals surface area contributed by atoms with Crippen molar-refractivity contribution in [3.8, 4) is 0 Å². The molecule has 0 heterocycles. The molecule has 0 aromatic rings. The molecule has 386 valence electrons. The predicted molar refractivity (Wildman–Crippen MR) is 279 cm³/mol. The van der Waals surface area contributed by atoms with Crippen LogP contribution in [-0.4, -0.2) is 37.2 Å². The summed E-state index contributed by atoms with van der Waals surface area (Å²) in [6.07, 6.45) is 52.5. The average Bonchev–Trinajstić information content (AvgIpc) is 3.26. The molecular weight excluding hydrogens is 805 g/mol. The maximum Gasteiger partial charge on any atom is 0.306 e. The van der Waals surface area contributed by atoms with Crippen molar-refractivity contribution < 1.29 is 28.6 Å². The van der Waals surface area contributed by atoms with Gasteiger partial charge in [0.05, 0.1) is 0 Å². The summed E-state index contributed by atoms with van der Waals surface area (Å²) in [6, 6.07) is 0. The molecule has 0 N–H and O–H groups in total. The van der Waals surface area contributed by atoms with Crippen LogP contribution in [0, 0.1) is 17.8 Å². The molecule has 0 unspecified atom stereocenters. The molecule has 0 aliphatic heterocycles. The lowest BCUT2D eigenvalue weighted by atomic mass is 10.0. The van der Waals surface area contributed by atoms with Gasteiger partial charge in [-0.1, -0.05) is 286 Å². The molecule has 0 aromatic carbocycles. The van der Waals surface area contributed by atoms with Crippen LogP contribution in [0.5, 0.6) is 0 Å². The first-order valence-corrected chi connectivity index (χ1v) is 29.1. The molecule has 0 rings (SSSR count). The van der Waals surface area contributed by atoms with E-state index in [9.17, 15) is 14.4 Å². The molecule has 0 radical (unpaired) electrons. The third-order valence-corrected chi connectivity index (χ3v) is 13.4. The van der Waals surface area contributed by atoms with Crippen LogP contribution in [0.1, 0.15) is 324 Å². The van der Waals surface area contributed by atoms with Gasteiger partial charge in [-0.15, -0.1) is 0 Å². The molecule has 65 heavy (non-hydrogen) atoms. The van der Waals surface area contributed by atoms with Crippen LogP contribution >= 0.6 is 0 Å². The Labute approximate surface area is 406 Å². The van der Waals surface area contributed by atoms with Gasteiger partial charge in [0.15, 0.2) is 6.10 Å². The Bertz CT molecular complexity index is 1010. The third-order valence-electron chi connectivity index (χ3n) is 13.4. The summed E-state index contributed by atoms with van der Waals surface area (Å²) in [5.41, 5.74) is 0. The molecule has 1 atom stereocenters. The maximum absolute atomic E-state index is 12.8. The number of ether oxygens (including phenoxy) is 3. The zero-order valence-corrected chi connectivity index (χ0v) is 44.8. The average molecular weight is 920 g/mol. The second-order valence-corrected chi connectivity index (χ2v) is 21.7. The van der Waals surface area contributed by atoms with E-state index in [0.717, 1.165) is 75.5 Å². The lowest BCUT2D eigenvalue weighted by Crippen LogP contribution is -2.30. The van der Waals surface area contributed by atoms with E-state index >= 15 is 0 Å². The zero-order valence-electron chi connectivity index (χ0n) is 44.8. The quantitative estimate of drug-likeness (QED) is 0.0344. The fraction of sp³-hybridized carbons (Fsp3) is 0.949. The van der Waals surface area contributed by atoms with E-state index in [1.807, 2.05) is 0 Å². The first-order valence-electron chi connectivity index (χ1n) is 29.1. The van der Waals surface area contributed by atoms with Gasteiger partial charge in [-0.3, -0.25) is 14.4 Å². The normalized spacial score (nSPS) is 12.1. The summed E-state index contributed by atoms with van der Waals surface area (Å²) >= 11 is 0. The molecule has 0 fully saturated rings. The van der Waals surface area contributed by atoms with E-state index in [0.29, 0.717) is 19.3 Å². The number of unbranched alkanes of at least 4 members (excludes halogenated alkanes) is 35. The monoisotopic (exact) mass is 919 g/mol. The summed E-state index contributed by atoms with van der Waals surface area (Å²) < 4.78 is 16.9. The van der Waals surface area contributed by atoms with Crippen LogP contribution in [0.3, 0.4) is 0 Å². The van der Waals surface area contributed by atoms with Crippen molar-refractivity contribution in [1.82, 2.24) is 0 Å². The standard InChI is InChI=1S/C59H114O6/c1-53(2)45-39-33-27-21-17-13-11-9-7-8-10-12-14-19-23-30-36-42-48-57(60)63-51-56(52-64-58(61)49-43-37-31-26-25-29-35-41-47-55(5)6)65-59(62)50-44-38-32-24-20-16-15-18-22-28-34-40-46-54(3)4/h53-56H,7-52H2,1-6H3/t56-/m0/s1. The predicted octanol–water partition coefficient (Wildman–Crippen LogP) is 19.1. The maximum atomic E-state index is 12.8. The van der Waals surface area contributed by atoms with E-state index in [-0.39, 0.29) is 31.1 Å². The smallest absolute Gasteiger partial charge is 0.306 e. The van der Waals surface area contributed by atoms with Crippen molar-refractivity contribution in [3.05, 3.63) is 0 Å². The molecule has 0 saturated carbocycles. The molecule has 6 heteroatoms. The summed E-state index contributed by atoms with van der Waals surface area (Å²) in [5, 5.41) is 0. The van der Waals surface area contributed by atoms with Gasteiger partial charge in [-0.2, -0.15) is 0 Å². The van der Waals surface area contributed by atoms with Crippen molar-refractivity contribution in [2.24, 2.45) is 17.8 Å². The third kappa shape index (κ3) is 53.2. The summed E-state index contributed by atoms with van der Waals surface area (Å²) in [7, 11) is 0. The number of rotatable bonds is 52. The highest BCUT2D eigenvalue weighted by molar-refractivity contribution is 5.71. The van der Waals surface area contributed by atoms with Gasteiger partial charge in [-0.05, 0) is 37.0 Å². The van der Waals surface area contributed by atoms with Gasteiger partial charge in [0, 0.05) is 19.3 Å². The van der Waals surface area contributed by atoms with Crippen LogP contribution < -0.4 is 0 Å². The second-order valence-electron chi connectivity index (χ2n) is 21.7. The van der Waals surface area contributed by atoms with Gasteiger partial charge in [-0.25, -0.2) is 0 Å². The number of hydrogen-bond donors (Lipinski definition) is 0. The first-order chi connectivity index (χ1) is 31.6. The van der Waals surface area contributed by atoms with Crippen LogP contribution in [0.15, 0.2) is 0 Å². The summed E-state index contributed by atoms with van der Waals surface area (Å²) in [6.45, 7) is 13.7. The Morgan fingerprint density at radius 1 is 0.262 bits per heavy atom. The highest BCUT2D eigenvalue weighted by Crippen LogP contribution is 2.18. The molecule has 0 spiro atoms. The van der Waals surface area contributed by atoms with Crippen LogP contribution in [0.25, 0.3) is 0 Å². The lowest BCUT2D eigenvalue weighted by Gasteiger charge is -2.18. The largest absolute Gasteiger partial charge is 0.462 e. The Balaban J connectivity index is 4.23. The topological polar surface area (TPSA) is 78.9 Å². The minimum atomic E-state index is -0.763. The first kappa shape index (κ1) is 63.4. The minimum Gasteiger partial charge on any atom is -0.462 e. The summed E-state index contributed by atoms with van der Waals surface area (Å²) in [5.74, 6) is 1.64. The highest BCUT2D eigenvalue weighted by atomic mass is 16.6. The molecule has 0 saturated heterocycles. The minimum absolute atomic E-state index is 0.0638. The van der Waals surface area contributed by atoms with Crippen molar-refractivity contribution in [1.29, 1.82) is 0 Å². The molecule has 6 nitrogen and oxygen atoms in total. The van der Waals surface area contributed by atoms with Gasteiger partial charge < -0.3 is 14.2 Å². The number of esters is 3. The van der Waals surface area contributed by atoms with Crippen LogP contribution in [0.4, 0.5) is 0 Å². The fourth-order valence-corrected chi connectivity index (χ4v) is 9.00. The van der Waals surface area contributed by atoms with Gasteiger partial charge >= 0.3 is 17.9 Å². The molecule has 0 aromatic heterocycles. The zero-order chi connectivity index (χ0) is 47.7. The Hall–Kier alpha value is -1.59. The number of carbonyl (C=O) groups is 3. The van der Waals surface area contributed by atoms with E-state index in [2.05, 4.69) is 41.5 Å². The lowest BCUT2D eigenvalue weighted by molar-refractivity contribution is -0.167. The molecule has 0 amide bonds.